The Morgan fingerprint density at radius 2 is 2.03 bits per heavy atom. The van der Waals surface area contributed by atoms with E-state index >= 15 is 0 Å². The van der Waals surface area contributed by atoms with Crippen LogP contribution in [0.25, 0.3) is 11.2 Å². The van der Waals surface area contributed by atoms with Crippen LogP contribution in [0.1, 0.15) is 0 Å². The number of aliphatic hydroxyl groups is 2. The minimum absolute atomic E-state index is 0.0458. The van der Waals surface area contributed by atoms with Gasteiger partial charge >= 0.3 is 7.82 Å². The van der Waals surface area contributed by atoms with Gasteiger partial charge in [-0.05, 0) is 24.3 Å². The third-order valence-electron chi connectivity index (χ3n) is 4.64. The molecule has 1 aromatic carbocycles. The van der Waals surface area contributed by atoms with E-state index < -0.39 is 43.4 Å². The highest BCUT2D eigenvalue weighted by molar-refractivity contribution is 8.00. The molecule has 0 amide bonds. The standard InChI is InChI=1S/C16H17ClN5O8PS/c17-7-1-3-8(4-2-7)32-16(12(24)11(23)9(30-16)5-29-31(26,27)28)22-6-19-10-13(22)20-15(18)21-14(10)25/h1-4,6,9,11-12,23-24H,5H2,(H2,26,27,28)(H3,18,20,21,25)/t9-,11-,12-,16+/m1/s1. The van der Waals surface area contributed by atoms with Crippen LogP contribution in [0, 0.1) is 0 Å². The highest BCUT2D eigenvalue weighted by atomic mass is 35.5. The van der Waals surface area contributed by atoms with Crippen molar-refractivity contribution in [1.82, 2.24) is 19.5 Å². The first-order chi connectivity index (χ1) is 15.0. The molecule has 3 aromatic rings. The molecule has 0 spiro atoms. The van der Waals surface area contributed by atoms with Crippen LogP contribution in [-0.4, -0.2) is 64.4 Å². The predicted molar refractivity (Wildman–Crippen MR) is 113 cm³/mol. The molecule has 0 aliphatic carbocycles. The van der Waals surface area contributed by atoms with Gasteiger partial charge in [0.05, 0.1) is 6.61 Å². The molecule has 0 unspecified atom stereocenters. The lowest BCUT2D eigenvalue weighted by Gasteiger charge is -2.33. The number of aromatic amines is 1. The summed E-state index contributed by atoms with van der Waals surface area (Å²) in [6.45, 7) is -0.728. The van der Waals surface area contributed by atoms with Crippen molar-refractivity contribution < 1.29 is 33.8 Å². The first-order valence-electron chi connectivity index (χ1n) is 8.92. The summed E-state index contributed by atoms with van der Waals surface area (Å²) in [5, 5.41) is 20.2. The average molecular weight is 506 g/mol. The molecule has 4 atom stereocenters. The molecule has 0 radical (unpaired) electrons. The Hall–Kier alpha value is -2.00. The summed E-state index contributed by atoms with van der Waals surface area (Å²) in [5.41, 5.74) is 4.88. The lowest BCUT2D eigenvalue weighted by molar-refractivity contribution is -0.0768. The number of benzene rings is 1. The summed E-state index contributed by atoms with van der Waals surface area (Å²) in [6.07, 6.45) is -3.47. The molecule has 1 aliphatic rings. The van der Waals surface area contributed by atoms with Crippen molar-refractivity contribution in [1.29, 1.82) is 0 Å². The number of halogens is 1. The highest BCUT2D eigenvalue weighted by Crippen LogP contribution is 2.49. The topological polar surface area (TPSA) is 206 Å². The number of thioether (sulfide) groups is 1. The van der Waals surface area contributed by atoms with Crippen molar-refractivity contribution in [2.45, 2.75) is 28.3 Å². The second-order valence-electron chi connectivity index (χ2n) is 6.80. The highest BCUT2D eigenvalue weighted by Gasteiger charge is 2.57. The van der Waals surface area contributed by atoms with Gasteiger partial charge in [-0.25, -0.2) is 9.55 Å². The van der Waals surface area contributed by atoms with Gasteiger partial charge < -0.3 is 30.5 Å². The Kier molecular flexibility index (Phi) is 6.09. The van der Waals surface area contributed by atoms with E-state index in [1.54, 1.807) is 24.3 Å². The SMILES string of the molecule is Nc1nc2c(ncn2[C@]2(Sc3ccc(Cl)cc3)O[C@H](COP(=O)(O)O)[C@@H](O)[C@H]2O)c(=O)[nH]1. The lowest BCUT2D eigenvalue weighted by Crippen LogP contribution is -2.43. The fraction of sp³-hybridized carbons (Fsp3) is 0.312. The number of nitrogen functional groups attached to an aromatic ring is 1. The lowest BCUT2D eigenvalue weighted by atomic mass is 10.1. The molecule has 0 bridgehead atoms. The molecule has 2 aromatic heterocycles. The quantitative estimate of drug-likeness (QED) is 0.244. The maximum absolute atomic E-state index is 12.2. The summed E-state index contributed by atoms with van der Waals surface area (Å²) >= 11 is 6.87. The second kappa shape index (κ2) is 8.41. The maximum Gasteiger partial charge on any atom is 0.469 e. The average Bonchev–Trinajstić information content (AvgIpc) is 3.23. The largest absolute Gasteiger partial charge is 0.469 e. The molecule has 3 heterocycles. The number of nitrogens with one attached hydrogen (secondary N) is 1. The monoisotopic (exact) mass is 505 g/mol. The third kappa shape index (κ3) is 4.29. The summed E-state index contributed by atoms with van der Waals surface area (Å²) < 4.78 is 22.7. The zero-order chi connectivity index (χ0) is 23.3. The van der Waals surface area contributed by atoms with E-state index in [4.69, 9.17) is 31.9 Å². The molecule has 4 rings (SSSR count). The number of nitrogens with zero attached hydrogens (tertiary/aromatic N) is 3. The number of aromatic nitrogens is 4. The molecular weight excluding hydrogens is 489 g/mol. The maximum atomic E-state index is 12.2. The van der Waals surface area contributed by atoms with Crippen molar-refractivity contribution in [3.8, 4) is 0 Å². The summed E-state index contributed by atoms with van der Waals surface area (Å²) in [5.74, 6) is -0.217. The van der Waals surface area contributed by atoms with Crippen molar-refractivity contribution in [3.05, 3.63) is 46.0 Å². The molecule has 172 valence electrons. The van der Waals surface area contributed by atoms with E-state index in [9.17, 15) is 19.6 Å². The zero-order valence-electron chi connectivity index (χ0n) is 15.9. The van der Waals surface area contributed by atoms with Crippen molar-refractivity contribution in [2.75, 3.05) is 12.3 Å². The van der Waals surface area contributed by atoms with E-state index in [1.165, 1.54) is 10.9 Å². The normalized spacial score (nSPS) is 26.1. The number of aliphatic hydroxyl groups excluding tert-OH is 2. The molecule has 1 fully saturated rings. The van der Waals surface area contributed by atoms with Crippen LogP contribution >= 0.6 is 31.2 Å². The van der Waals surface area contributed by atoms with E-state index in [2.05, 4.69) is 19.5 Å². The minimum atomic E-state index is -4.88. The Labute approximate surface area is 188 Å². The molecule has 32 heavy (non-hydrogen) atoms. The third-order valence-corrected chi connectivity index (χ3v) is 6.72. The van der Waals surface area contributed by atoms with Gasteiger partial charge in [-0.3, -0.25) is 18.9 Å². The second-order valence-corrected chi connectivity index (χ2v) is 9.74. The smallest absolute Gasteiger partial charge is 0.387 e. The van der Waals surface area contributed by atoms with Crippen LogP contribution in [0.4, 0.5) is 5.95 Å². The van der Waals surface area contributed by atoms with Crippen LogP contribution in [0.15, 0.2) is 40.3 Å². The van der Waals surface area contributed by atoms with Gasteiger partial charge in [0, 0.05) is 9.92 Å². The summed E-state index contributed by atoms with van der Waals surface area (Å²) in [4.78, 5) is 41.2. The minimum Gasteiger partial charge on any atom is -0.387 e. The Morgan fingerprint density at radius 3 is 2.69 bits per heavy atom. The number of imidazole rings is 1. The van der Waals surface area contributed by atoms with Crippen molar-refractivity contribution in [2.24, 2.45) is 0 Å². The molecule has 7 N–H and O–H groups in total. The predicted octanol–water partition coefficient (Wildman–Crippen LogP) is -0.0123. The van der Waals surface area contributed by atoms with Gasteiger partial charge in [-0.1, -0.05) is 23.4 Å². The number of ether oxygens (including phenoxy) is 1. The van der Waals surface area contributed by atoms with E-state index in [0.29, 0.717) is 9.92 Å². The zero-order valence-corrected chi connectivity index (χ0v) is 18.4. The van der Waals surface area contributed by atoms with Crippen LogP contribution in [-0.2, 0) is 18.9 Å². The van der Waals surface area contributed by atoms with Gasteiger partial charge in [-0.2, -0.15) is 4.98 Å². The Bertz CT molecular complexity index is 1250. The molecule has 1 aliphatic heterocycles. The van der Waals surface area contributed by atoms with Crippen LogP contribution < -0.4 is 11.3 Å². The molecule has 13 nitrogen and oxygen atoms in total. The number of fused-ring (bicyclic) bond motifs is 1. The number of phosphoric ester groups is 1. The first-order valence-corrected chi connectivity index (χ1v) is 11.6. The Balaban J connectivity index is 1.84. The number of phosphoric acid groups is 1. The number of hydrogen-bond acceptors (Lipinski definition) is 10. The van der Waals surface area contributed by atoms with Crippen molar-refractivity contribution >= 4 is 48.3 Å². The molecule has 1 saturated heterocycles. The van der Waals surface area contributed by atoms with E-state index in [1.807, 2.05) is 0 Å². The Morgan fingerprint density at radius 1 is 1.34 bits per heavy atom. The number of nitrogens with two attached hydrogens (primary N) is 1. The van der Waals surface area contributed by atoms with Crippen LogP contribution in [0.5, 0.6) is 0 Å². The molecule has 0 saturated carbocycles. The van der Waals surface area contributed by atoms with Crippen LogP contribution in [0.2, 0.25) is 5.02 Å². The number of hydrogen-bond donors (Lipinski definition) is 6. The van der Waals surface area contributed by atoms with Gasteiger partial charge in [-0.15, -0.1) is 0 Å². The summed E-state index contributed by atoms with van der Waals surface area (Å²) in [6, 6.07) is 6.45. The molecule has 16 heteroatoms. The number of anilines is 1. The van der Waals surface area contributed by atoms with Gasteiger partial charge in [0.2, 0.25) is 11.0 Å². The van der Waals surface area contributed by atoms with Gasteiger partial charge in [0.25, 0.3) is 5.56 Å². The van der Waals surface area contributed by atoms with Crippen molar-refractivity contribution in [3.63, 3.8) is 0 Å². The van der Waals surface area contributed by atoms with E-state index in [0.717, 1.165) is 11.8 Å². The van der Waals surface area contributed by atoms with Crippen LogP contribution in [0.3, 0.4) is 0 Å². The fourth-order valence-corrected chi connectivity index (χ4v) is 4.98. The van der Waals surface area contributed by atoms with E-state index in [-0.39, 0.29) is 17.1 Å². The number of rotatable bonds is 6. The number of H-pyrrole nitrogens is 1. The summed E-state index contributed by atoms with van der Waals surface area (Å²) in [7, 11) is -4.88. The fourth-order valence-electron chi connectivity index (χ4n) is 3.24. The first kappa shape index (κ1) is 23.2. The molecular formula is C16H17ClN5O8PS. The van der Waals surface area contributed by atoms with Gasteiger partial charge in [0.1, 0.15) is 24.6 Å². The van der Waals surface area contributed by atoms with Gasteiger partial charge in [0.15, 0.2) is 11.2 Å².